The first kappa shape index (κ1) is 21.3. The van der Waals surface area contributed by atoms with Crippen molar-refractivity contribution >= 4 is 28.7 Å². The largest absolute Gasteiger partial charge is 0.416 e. The van der Waals surface area contributed by atoms with Gasteiger partial charge in [0.25, 0.3) is 0 Å². The predicted octanol–water partition coefficient (Wildman–Crippen LogP) is 4.22. The number of aromatic nitrogens is 4. The van der Waals surface area contributed by atoms with E-state index in [9.17, 15) is 18.0 Å². The first-order valence-corrected chi connectivity index (χ1v) is 9.68. The number of hydrogen-bond acceptors (Lipinski definition) is 5. The molecule has 4 rings (SSSR count). The van der Waals surface area contributed by atoms with Gasteiger partial charge in [0.1, 0.15) is 12.1 Å². The molecule has 0 atom stereocenters. The highest BCUT2D eigenvalue weighted by Crippen LogP contribution is 2.30. The quantitative estimate of drug-likeness (QED) is 0.503. The summed E-state index contributed by atoms with van der Waals surface area (Å²) in [5.74, 6) is 0.467. The number of carbonyl (C=O) groups excluding carboxylic acids is 1. The Labute approximate surface area is 181 Å². The number of imidazole rings is 1. The number of halogens is 3. The summed E-state index contributed by atoms with van der Waals surface area (Å²) in [5.41, 5.74) is 1.27. The molecule has 0 saturated heterocycles. The molecule has 4 aromatic rings. The maximum Gasteiger partial charge on any atom is 0.416 e. The molecule has 0 spiro atoms. The molecular weight excluding hydrogens is 421 g/mol. The third-order valence-electron chi connectivity index (χ3n) is 4.99. The lowest BCUT2D eigenvalue weighted by molar-refractivity contribution is -0.137. The van der Waals surface area contributed by atoms with Crippen molar-refractivity contribution in [3.8, 4) is 11.4 Å². The first-order chi connectivity index (χ1) is 15.3. The SMILES string of the molecule is CNc1nc2cnc(-c3ccc(C(F)(F)F)cc3)nc2n1CC(=O)N(C)c1ccccc1. The minimum atomic E-state index is -4.42. The average molecular weight is 440 g/mol. The number of benzene rings is 2. The summed E-state index contributed by atoms with van der Waals surface area (Å²) in [4.78, 5) is 27.6. The van der Waals surface area contributed by atoms with Crippen LogP contribution in [0.3, 0.4) is 0 Å². The van der Waals surface area contributed by atoms with E-state index in [2.05, 4.69) is 20.3 Å². The molecule has 0 bridgehead atoms. The van der Waals surface area contributed by atoms with Crippen molar-refractivity contribution in [3.63, 3.8) is 0 Å². The van der Waals surface area contributed by atoms with E-state index in [0.29, 0.717) is 22.7 Å². The van der Waals surface area contributed by atoms with Gasteiger partial charge in [-0.3, -0.25) is 9.36 Å². The highest BCUT2D eigenvalue weighted by molar-refractivity contribution is 5.93. The molecule has 1 N–H and O–H groups in total. The van der Waals surface area contributed by atoms with E-state index in [1.54, 1.807) is 18.7 Å². The van der Waals surface area contributed by atoms with Crippen LogP contribution in [-0.4, -0.2) is 39.5 Å². The minimum Gasteiger partial charge on any atom is -0.359 e. The number of carbonyl (C=O) groups is 1. The summed E-state index contributed by atoms with van der Waals surface area (Å²) in [6.07, 6.45) is -2.94. The number of hydrogen-bond donors (Lipinski definition) is 1. The standard InChI is InChI=1S/C22H19F3N6O/c1-26-21-28-17-12-27-19(14-8-10-15(11-9-14)22(23,24)25)29-20(17)31(21)13-18(32)30(2)16-6-4-3-5-7-16/h3-12H,13H2,1-2H3,(H,26,28). The molecule has 1 amide bonds. The van der Waals surface area contributed by atoms with Crippen LogP contribution in [-0.2, 0) is 17.5 Å². The van der Waals surface area contributed by atoms with Crippen molar-refractivity contribution in [2.24, 2.45) is 0 Å². The Bertz CT molecular complexity index is 1250. The zero-order valence-corrected chi connectivity index (χ0v) is 17.3. The molecule has 0 aliphatic carbocycles. The van der Waals surface area contributed by atoms with Gasteiger partial charge < -0.3 is 10.2 Å². The molecule has 0 saturated carbocycles. The lowest BCUT2D eigenvalue weighted by Gasteiger charge is -2.18. The predicted molar refractivity (Wildman–Crippen MR) is 115 cm³/mol. The number of nitrogens with zero attached hydrogens (tertiary/aromatic N) is 5. The Kier molecular flexibility index (Phi) is 5.52. The lowest BCUT2D eigenvalue weighted by atomic mass is 10.1. The maximum atomic E-state index is 12.9. The number of likely N-dealkylation sites (N-methyl/N-ethyl adjacent to an activating group) is 1. The molecule has 2 aromatic carbocycles. The fourth-order valence-electron chi connectivity index (χ4n) is 3.24. The summed E-state index contributed by atoms with van der Waals surface area (Å²) in [5, 5.41) is 2.94. The number of rotatable bonds is 5. The Hall–Kier alpha value is -3.95. The van der Waals surface area contributed by atoms with E-state index in [1.165, 1.54) is 23.2 Å². The van der Waals surface area contributed by atoms with Gasteiger partial charge in [-0.1, -0.05) is 30.3 Å². The highest BCUT2D eigenvalue weighted by Gasteiger charge is 2.30. The number of nitrogens with one attached hydrogen (secondary N) is 1. The van der Waals surface area contributed by atoms with Crippen LogP contribution in [0.4, 0.5) is 24.8 Å². The molecule has 2 aromatic heterocycles. The van der Waals surface area contributed by atoms with E-state index < -0.39 is 11.7 Å². The Morgan fingerprint density at radius 1 is 1.06 bits per heavy atom. The van der Waals surface area contributed by atoms with E-state index in [-0.39, 0.29) is 18.3 Å². The fourth-order valence-corrected chi connectivity index (χ4v) is 3.24. The molecule has 0 fully saturated rings. The molecule has 0 aliphatic heterocycles. The van der Waals surface area contributed by atoms with E-state index in [4.69, 9.17) is 0 Å². The molecular formula is C22H19F3N6O. The lowest BCUT2D eigenvalue weighted by Crippen LogP contribution is -2.30. The second-order valence-electron chi connectivity index (χ2n) is 7.04. The molecule has 2 heterocycles. The van der Waals surface area contributed by atoms with Crippen LogP contribution in [0.25, 0.3) is 22.6 Å². The zero-order valence-electron chi connectivity index (χ0n) is 17.3. The van der Waals surface area contributed by atoms with Crippen LogP contribution in [0.5, 0.6) is 0 Å². The van der Waals surface area contributed by atoms with Gasteiger partial charge in [-0.25, -0.2) is 15.0 Å². The maximum absolute atomic E-state index is 12.9. The smallest absolute Gasteiger partial charge is 0.359 e. The van der Waals surface area contributed by atoms with Crippen LogP contribution < -0.4 is 10.2 Å². The molecule has 0 radical (unpaired) electrons. The third-order valence-corrected chi connectivity index (χ3v) is 4.99. The van der Waals surface area contributed by atoms with Gasteiger partial charge in [-0.05, 0) is 24.3 Å². The van der Waals surface area contributed by atoms with Crippen LogP contribution in [0.1, 0.15) is 5.56 Å². The Morgan fingerprint density at radius 2 is 1.75 bits per heavy atom. The zero-order chi connectivity index (χ0) is 22.9. The number of alkyl halides is 3. The van der Waals surface area contributed by atoms with Crippen LogP contribution in [0.15, 0.2) is 60.8 Å². The van der Waals surface area contributed by atoms with Gasteiger partial charge in [0.15, 0.2) is 11.5 Å². The summed E-state index contributed by atoms with van der Waals surface area (Å²) in [7, 11) is 3.35. The minimum absolute atomic E-state index is 0.0401. The van der Waals surface area contributed by atoms with Gasteiger partial charge in [0, 0.05) is 25.3 Å². The van der Waals surface area contributed by atoms with Crippen molar-refractivity contribution in [2.45, 2.75) is 12.7 Å². The van der Waals surface area contributed by atoms with Gasteiger partial charge in [-0.2, -0.15) is 13.2 Å². The molecule has 164 valence electrons. The van der Waals surface area contributed by atoms with E-state index in [0.717, 1.165) is 17.8 Å². The van der Waals surface area contributed by atoms with Crippen molar-refractivity contribution < 1.29 is 18.0 Å². The van der Waals surface area contributed by atoms with Crippen LogP contribution in [0, 0.1) is 0 Å². The number of anilines is 2. The van der Waals surface area contributed by atoms with Crippen LogP contribution >= 0.6 is 0 Å². The average Bonchev–Trinajstić information content (AvgIpc) is 3.15. The fraction of sp³-hybridized carbons (Fsp3) is 0.182. The summed E-state index contributed by atoms with van der Waals surface area (Å²) in [6.45, 7) is -0.0401. The number of fused-ring (bicyclic) bond motifs is 1. The Balaban J connectivity index is 1.69. The number of amides is 1. The second kappa shape index (κ2) is 8.29. The normalized spacial score (nSPS) is 11.5. The topological polar surface area (TPSA) is 75.9 Å². The molecule has 0 unspecified atom stereocenters. The first-order valence-electron chi connectivity index (χ1n) is 9.68. The summed E-state index contributed by atoms with van der Waals surface area (Å²) in [6, 6.07) is 13.8. The van der Waals surface area contributed by atoms with Crippen molar-refractivity contribution in [1.29, 1.82) is 0 Å². The van der Waals surface area contributed by atoms with E-state index in [1.807, 2.05) is 30.3 Å². The molecule has 10 heteroatoms. The van der Waals surface area contributed by atoms with Gasteiger partial charge in [-0.15, -0.1) is 0 Å². The van der Waals surface area contributed by atoms with Crippen molar-refractivity contribution in [3.05, 3.63) is 66.4 Å². The van der Waals surface area contributed by atoms with Crippen molar-refractivity contribution in [2.75, 3.05) is 24.3 Å². The van der Waals surface area contributed by atoms with Gasteiger partial charge >= 0.3 is 6.18 Å². The third kappa shape index (κ3) is 4.11. The summed E-state index contributed by atoms with van der Waals surface area (Å²) >= 11 is 0. The molecule has 0 aliphatic rings. The highest BCUT2D eigenvalue weighted by atomic mass is 19.4. The van der Waals surface area contributed by atoms with E-state index >= 15 is 0 Å². The van der Waals surface area contributed by atoms with Crippen LogP contribution in [0.2, 0.25) is 0 Å². The number of para-hydroxylation sites is 1. The van der Waals surface area contributed by atoms with Gasteiger partial charge in [0.05, 0.1) is 11.8 Å². The Morgan fingerprint density at radius 3 is 2.38 bits per heavy atom. The van der Waals surface area contributed by atoms with Crippen molar-refractivity contribution in [1.82, 2.24) is 19.5 Å². The molecule has 7 nitrogen and oxygen atoms in total. The van der Waals surface area contributed by atoms with Gasteiger partial charge in [0.2, 0.25) is 11.9 Å². The second-order valence-corrected chi connectivity index (χ2v) is 7.04. The molecule has 32 heavy (non-hydrogen) atoms. The monoisotopic (exact) mass is 440 g/mol. The summed E-state index contributed by atoms with van der Waals surface area (Å²) < 4.78 is 40.2.